The molecule has 1 heterocycles. The summed E-state index contributed by atoms with van der Waals surface area (Å²) in [6.45, 7) is 5.66. The lowest BCUT2D eigenvalue weighted by molar-refractivity contribution is -0.134. The standard InChI is InChI=1S/C17H25N3O2.ClH/c1-12-3-5-15(6-4-12)16(18)17(22)20-9-7-14(8-10-20)11-19-13(2)21;/h3-6,14,16H,7-11,18H2,1-2H3,(H,19,21);1H. The Morgan fingerprint density at radius 3 is 2.35 bits per heavy atom. The van der Waals surface area contributed by atoms with Crippen LogP contribution in [0.15, 0.2) is 24.3 Å². The Labute approximate surface area is 144 Å². The molecular weight excluding hydrogens is 314 g/mol. The second-order valence-electron chi connectivity index (χ2n) is 6.09. The molecule has 0 spiro atoms. The molecule has 0 saturated carbocycles. The van der Waals surface area contributed by atoms with Gasteiger partial charge in [0.1, 0.15) is 6.04 Å². The van der Waals surface area contributed by atoms with Crippen molar-refractivity contribution in [3.05, 3.63) is 35.4 Å². The van der Waals surface area contributed by atoms with E-state index in [1.807, 2.05) is 36.1 Å². The van der Waals surface area contributed by atoms with Gasteiger partial charge in [-0.15, -0.1) is 12.4 Å². The number of hydrogen-bond acceptors (Lipinski definition) is 3. The van der Waals surface area contributed by atoms with Crippen molar-refractivity contribution in [1.82, 2.24) is 10.2 Å². The molecule has 6 heteroatoms. The predicted molar refractivity (Wildman–Crippen MR) is 93.3 cm³/mol. The highest BCUT2D eigenvalue weighted by atomic mass is 35.5. The van der Waals surface area contributed by atoms with Crippen molar-refractivity contribution < 1.29 is 9.59 Å². The third-order valence-corrected chi connectivity index (χ3v) is 4.27. The average Bonchev–Trinajstić information content (AvgIpc) is 2.53. The SMILES string of the molecule is CC(=O)NCC1CCN(C(=O)C(N)c2ccc(C)cc2)CC1.Cl. The van der Waals surface area contributed by atoms with Crippen LogP contribution in [0.3, 0.4) is 0 Å². The van der Waals surface area contributed by atoms with Crippen LogP contribution in [0.25, 0.3) is 0 Å². The molecule has 1 unspecified atom stereocenters. The third-order valence-electron chi connectivity index (χ3n) is 4.27. The number of nitrogens with two attached hydrogens (primary N) is 1. The highest BCUT2D eigenvalue weighted by Gasteiger charge is 2.27. The molecule has 1 aromatic carbocycles. The number of hydrogen-bond donors (Lipinski definition) is 2. The second kappa shape index (κ2) is 8.89. The van der Waals surface area contributed by atoms with Gasteiger partial charge in [0, 0.05) is 26.6 Å². The van der Waals surface area contributed by atoms with Crippen LogP contribution in [0.2, 0.25) is 0 Å². The van der Waals surface area contributed by atoms with Crippen LogP contribution in [0.1, 0.15) is 36.9 Å². The molecule has 1 aliphatic rings. The molecule has 1 aromatic rings. The van der Waals surface area contributed by atoms with E-state index in [-0.39, 0.29) is 24.2 Å². The molecule has 0 aliphatic carbocycles. The van der Waals surface area contributed by atoms with Crippen LogP contribution in [0.4, 0.5) is 0 Å². The van der Waals surface area contributed by atoms with E-state index >= 15 is 0 Å². The lowest BCUT2D eigenvalue weighted by atomic mass is 9.95. The Kier molecular flexibility index (Phi) is 7.52. The van der Waals surface area contributed by atoms with E-state index in [1.54, 1.807) is 0 Å². The van der Waals surface area contributed by atoms with Crippen molar-refractivity contribution in [3.8, 4) is 0 Å². The molecule has 2 amide bonds. The Bertz CT molecular complexity index is 525. The van der Waals surface area contributed by atoms with Gasteiger partial charge in [-0.25, -0.2) is 0 Å². The molecular formula is C17H26ClN3O2. The summed E-state index contributed by atoms with van der Waals surface area (Å²) >= 11 is 0. The number of carbonyl (C=O) groups excluding carboxylic acids is 2. The number of likely N-dealkylation sites (tertiary alicyclic amines) is 1. The molecule has 2 rings (SSSR count). The zero-order chi connectivity index (χ0) is 16.1. The summed E-state index contributed by atoms with van der Waals surface area (Å²) in [7, 11) is 0. The molecule has 0 radical (unpaired) electrons. The first-order valence-electron chi connectivity index (χ1n) is 7.82. The first kappa shape index (κ1) is 19.5. The largest absolute Gasteiger partial charge is 0.356 e. The number of rotatable bonds is 4. The van der Waals surface area contributed by atoms with Gasteiger partial charge in [0.15, 0.2) is 0 Å². The molecule has 3 N–H and O–H groups in total. The molecule has 5 nitrogen and oxygen atoms in total. The minimum atomic E-state index is -0.590. The van der Waals surface area contributed by atoms with Crippen molar-refractivity contribution >= 4 is 24.2 Å². The maximum absolute atomic E-state index is 12.5. The minimum absolute atomic E-state index is 0. The van der Waals surface area contributed by atoms with E-state index in [0.29, 0.717) is 25.6 Å². The van der Waals surface area contributed by atoms with Gasteiger partial charge in [0.05, 0.1) is 0 Å². The maximum Gasteiger partial charge on any atom is 0.244 e. The van der Waals surface area contributed by atoms with Gasteiger partial charge in [-0.05, 0) is 31.2 Å². The molecule has 1 saturated heterocycles. The number of nitrogens with one attached hydrogen (secondary N) is 1. The van der Waals surface area contributed by atoms with E-state index in [0.717, 1.165) is 24.0 Å². The summed E-state index contributed by atoms with van der Waals surface area (Å²) in [5, 5.41) is 2.85. The Morgan fingerprint density at radius 1 is 1.26 bits per heavy atom. The number of carbonyl (C=O) groups is 2. The number of halogens is 1. The molecule has 128 valence electrons. The fourth-order valence-electron chi connectivity index (χ4n) is 2.76. The van der Waals surface area contributed by atoms with E-state index in [9.17, 15) is 9.59 Å². The van der Waals surface area contributed by atoms with Crippen LogP contribution >= 0.6 is 12.4 Å². The highest BCUT2D eigenvalue weighted by Crippen LogP contribution is 2.20. The molecule has 1 atom stereocenters. The van der Waals surface area contributed by atoms with Gasteiger partial charge in [-0.1, -0.05) is 29.8 Å². The average molecular weight is 340 g/mol. The number of aryl methyl sites for hydroxylation is 1. The summed E-state index contributed by atoms with van der Waals surface area (Å²) < 4.78 is 0. The van der Waals surface area contributed by atoms with Crippen LogP contribution in [0, 0.1) is 12.8 Å². The summed E-state index contributed by atoms with van der Waals surface area (Å²) in [5.41, 5.74) is 8.12. The number of benzene rings is 1. The molecule has 1 aliphatic heterocycles. The first-order valence-corrected chi connectivity index (χ1v) is 7.82. The summed E-state index contributed by atoms with van der Waals surface area (Å²) in [6, 6.07) is 7.19. The molecule has 1 fully saturated rings. The van der Waals surface area contributed by atoms with Gasteiger partial charge in [-0.3, -0.25) is 9.59 Å². The van der Waals surface area contributed by atoms with Crippen molar-refractivity contribution in [2.45, 2.75) is 32.7 Å². The number of nitrogens with zero attached hydrogens (tertiary/aromatic N) is 1. The van der Waals surface area contributed by atoms with Gasteiger partial charge >= 0.3 is 0 Å². The smallest absolute Gasteiger partial charge is 0.244 e. The second-order valence-corrected chi connectivity index (χ2v) is 6.09. The van der Waals surface area contributed by atoms with Crippen molar-refractivity contribution in [3.63, 3.8) is 0 Å². The minimum Gasteiger partial charge on any atom is -0.356 e. The van der Waals surface area contributed by atoms with Crippen LogP contribution in [-0.4, -0.2) is 36.3 Å². The molecule has 0 aromatic heterocycles. The van der Waals surface area contributed by atoms with Crippen molar-refractivity contribution in [1.29, 1.82) is 0 Å². The first-order chi connectivity index (χ1) is 10.5. The fourth-order valence-corrected chi connectivity index (χ4v) is 2.76. The quantitative estimate of drug-likeness (QED) is 0.878. The van der Waals surface area contributed by atoms with E-state index in [2.05, 4.69) is 5.32 Å². The topological polar surface area (TPSA) is 75.4 Å². The Hall–Kier alpha value is -1.59. The van der Waals surface area contributed by atoms with Crippen LogP contribution < -0.4 is 11.1 Å². The van der Waals surface area contributed by atoms with Gasteiger partial charge in [0.2, 0.25) is 11.8 Å². The van der Waals surface area contributed by atoms with E-state index < -0.39 is 6.04 Å². The van der Waals surface area contributed by atoms with Crippen LogP contribution in [0.5, 0.6) is 0 Å². The van der Waals surface area contributed by atoms with E-state index in [4.69, 9.17) is 5.73 Å². The number of piperidine rings is 1. The van der Waals surface area contributed by atoms with Crippen molar-refractivity contribution in [2.24, 2.45) is 11.7 Å². The lowest BCUT2D eigenvalue weighted by Crippen LogP contribution is -2.44. The van der Waals surface area contributed by atoms with Crippen molar-refractivity contribution in [2.75, 3.05) is 19.6 Å². The Morgan fingerprint density at radius 2 is 1.83 bits per heavy atom. The van der Waals surface area contributed by atoms with Crippen LogP contribution in [-0.2, 0) is 9.59 Å². The lowest BCUT2D eigenvalue weighted by Gasteiger charge is -2.33. The summed E-state index contributed by atoms with van der Waals surface area (Å²) in [4.78, 5) is 25.3. The zero-order valence-corrected chi connectivity index (χ0v) is 14.6. The normalized spacial score (nSPS) is 16.4. The third kappa shape index (κ3) is 5.52. The summed E-state index contributed by atoms with van der Waals surface area (Å²) in [6.07, 6.45) is 1.82. The molecule has 0 bridgehead atoms. The van der Waals surface area contributed by atoms with Gasteiger partial charge < -0.3 is 16.0 Å². The highest BCUT2D eigenvalue weighted by molar-refractivity contribution is 5.85. The van der Waals surface area contributed by atoms with Gasteiger partial charge in [0.25, 0.3) is 0 Å². The van der Waals surface area contributed by atoms with E-state index in [1.165, 1.54) is 6.92 Å². The zero-order valence-electron chi connectivity index (χ0n) is 13.7. The predicted octanol–water partition coefficient (Wildman–Crippen LogP) is 1.79. The molecule has 23 heavy (non-hydrogen) atoms. The number of amides is 2. The van der Waals surface area contributed by atoms with Gasteiger partial charge in [-0.2, -0.15) is 0 Å². The Balaban J connectivity index is 0.00000264. The summed E-state index contributed by atoms with van der Waals surface area (Å²) in [5.74, 6) is 0.435. The maximum atomic E-state index is 12.5. The fraction of sp³-hybridized carbons (Fsp3) is 0.529. The monoisotopic (exact) mass is 339 g/mol.